The van der Waals surface area contributed by atoms with E-state index < -0.39 is 4.92 Å². The number of ether oxygens (including phenoxy) is 1. The van der Waals surface area contributed by atoms with Crippen molar-refractivity contribution >= 4 is 5.69 Å². The average Bonchev–Trinajstić information content (AvgIpc) is 2.25. The minimum atomic E-state index is -0.435. The highest BCUT2D eigenvalue weighted by Crippen LogP contribution is 2.25. The van der Waals surface area contributed by atoms with E-state index in [-0.39, 0.29) is 5.69 Å². The van der Waals surface area contributed by atoms with Crippen molar-refractivity contribution in [3.8, 4) is 5.75 Å². The smallest absolute Gasteiger partial charge is 0.273 e. The zero-order chi connectivity index (χ0) is 11.3. The second-order valence-corrected chi connectivity index (χ2v) is 3.15. The molecule has 0 unspecified atom stereocenters. The first-order chi connectivity index (χ1) is 7.19. The molecule has 0 spiro atoms. The molecule has 0 aliphatic rings. The molecule has 0 amide bonds. The Morgan fingerprint density at radius 1 is 1.53 bits per heavy atom. The second-order valence-electron chi connectivity index (χ2n) is 3.15. The first-order valence-electron chi connectivity index (χ1n) is 4.70. The van der Waals surface area contributed by atoms with Crippen molar-refractivity contribution in [1.29, 1.82) is 0 Å². The number of rotatable bonds is 5. The van der Waals surface area contributed by atoms with E-state index in [1.165, 1.54) is 19.2 Å². The molecule has 0 aliphatic heterocycles. The number of nitro groups is 1. The van der Waals surface area contributed by atoms with E-state index in [0.29, 0.717) is 12.3 Å². The van der Waals surface area contributed by atoms with Gasteiger partial charge in [0.1, 0.15) is 5.75 Å². The Kier molecular flexibility index (Phi) is 4.05. The fourth-order valence-corrected chi connectivity index (χ4v) is 1.35. The molecule has 0 atom stereocenters. The van der Waals surface area contributed by atoms with Crippen LogP contribution in [0.2, 0.25) is 0 Å². The van der Waals surface area contributed by atoms with Gasteiger partial charge in [-0.15, -0.1) is 0 Å². The fraction of sp³-hybridized carbons (Fsp3) is 0.400. The third kappa shape index (κ3) is 2.92. The van der Waals surface area contributed by atoms with Gasteiger partial charge < -0.3 is 10.5 Å². The van der Waals surface area contributed by atoms with Crippen LogP contribution in [0.25, 0.3) is 0 Å². The number of benzene rings is 1. The number of nitrogens with two attached hydrogens (primary N) is 1. The molecule has 5 nitrogen and oxygen atoms in total. The van der Waals surface area contributed by atoms with E-state index >= 15 is 0 Å². The lowest BCUT2D eigenvalue weighted by Crippen LogP contribution is -2.02. The minimum Gasteiger partial charge on any atom is -0.496 e. The van der Waals surface area contributed by atoms with Crippen LogP contribution in [0.5, 0.6) is 5.75 Å². The maximum absolute atomic E-state index is 10.5. The Morgan fingerprint density at radius 2 is 2.27 bits per heavy atom. The van der Waals surface area contributed by atoms with Crippen LogP contribution in [-0.4, -0.2) is 18.6 Å². The van der Waals surface area contributed by atoms with Crippen LogP contribution < -0.4 is 10.5 Å². The number of nitrogens with zero attached hydrogens (tertiary/aromatic N) is 1. The minimum absolute atomic E-state index is 0.0448. The lowest BCUT2D eigenvalue weighted by Gasteiger charge is -2.07. The molecule has 15 heavy (non-hydrogen) atoms. The van der Waals surface area contributed by atoms with Crippen LogP contribution in [-0.2, 0) is 6.42 Å². The third-order valence-electron chi connectivity index (χ3n) is 2.13. The first kappa shape index (κ1) is 11.5. The highest BCUT2D eigenvalue weighted by Gasteiger charge is 2.10. The standard InChI is InChI=1S/C10H14N2O3/c1-15-10-7-9(12(13)14)5-4-8(10)3-2-6-11/h4-5,7H,2-3,6,11H2,1H3. The molecular weight excluding hydrogens is 196 g/mol. The summed E-state index contributed by atoms with van der Waals surface area (Å²) in [5, 5.41) is 10.5. The van der Waals surface area contributed by atoms with Gasteiger partial charge in [-0.25, -0.2) is 0 Å². The van der Waals surface area contributed by atoms with Gasteiger partial charge in [0.2, 0.25) is 0 Å². The molecule has 0 bridgehead atoms. The molecule has 0 aromatic heterocycles. The molecule has 5 heteroatoms. The van der Waals surface area contributed by atoms with Crippen molar-refractivity contribution < 1.29 is 9.66 Å². The molecule has 1 aromatic rings. The number of nitro benzene ring substituents is 1. The zero-order valence-corrected chi connectivity index (χ0v) is 8.60. The van der Waals surface area contributed by atoms with Gasteiger partial charge in [-0.2, -0.15) is 0 Å². The van der Waals surface area contributed by atoms with E-state index in [9.17, 15) is 10.1 Å². The number of aryl methyl sites for hydroxylation is 1. The number of methoxy groups -OCH3 is 1. The quantitative estimate of drug-likeness (QED) is 0.590. The summed E-state index contributed by atoms with van der Waals surface area (Å²) in [5.74, 6) is 0.553. The predicted octanol–water partition coefficient (Wildman–Crippen LogP) is 1.49. The fourth-order valence-electron chi connectivity index (χ4n) is 1.35. The summed E-state index contributed by atoms with van der Waals surface area (Å²) in [4.78, 5) is 10.1. The van der Waals surface area contributed by atoms with E-state index in [1.54, 1.807) is 6.07 Å². The molecule has 0 saturated heterocycles. The number of non-ortho nitro benzene ring substituents is 1. The molecule has 0 radical (unpaired) electrons. The molecule has 2 N–H and O–H groups in total. The molecule has 1 rings (SSSR count). The molecule has 0 aliphatic carbocycles. The summed E-state index contributed by atoms with van der Waals surface area (Å²) in [7, 11) is 1.50. The monoisotopic (exact) mass is 210 g/mol. The SMILES string of the molecule is COc1cc([N+](=O)[O-])ccc1CCCN. The van der Waals surface area contributed by atoms with Crippen LogP contribution in [0.3, 0.4) is 0 Å². The van der Waals surface area contributed by atoms with Gasteiger partial charge in [0.25, 0.3) is 5.69 Å². The van der Waals surface area contributed by atoms with Gasteiger partial charge in [-0.3, -0.25) is 10.1 Å². The Morgan fingerprint density at radius 3 is 2.80 bits per heavy atom. The zero-order valence-electron chi connectivity index (χ0n) is 8.60. The van der Waals surface area contributed by atoms with Gasteiger partial charge in [0, 0.05) is 6.07 Å². The van der Waals surface area contributed by atoms with Crippen LogP contribution in [0.1, 0.15) is 12.0 Å². The van der Waals surface area contributed by atoms with Crippen LogP contribution in [0.4, 0.5) is 5.69 Å². The summed E-state index contributed by atoms with van der Waals surface area (Å²) in [6.07, 6.45) is 1.62. The van der Waals surface area contributed by atoms with Crippen molar-refractivity contribution in [2.45, 2.75) is 12.8 Å². The first-order valence-corrected chi connectivity index (χ1v) is 4.70. The van der Waals surface area contributed by atoms with Crippen LogP contribution in [0.15, 0.2) is 18.2 Å². The highest BCUT2D eigenvalue weighted by atomic mass is 16.6. The maximum Gasteiger partial charge on any atom is 0.273 e. The maximum atomic E-state index is 10.5. The van der Waals surface area contributed by atoms with Crippen molar-refractivity contribution in [3.05, 3.63) is 33.9 Å². The Balaban J connectivity index is 2.93. The molecule has 0 heterocycles. The van der Waals surface area contributed by atoms with Gasteiger partial charge in [0.05, 0.1) is 18.1 Å². The number of hydrogen-bond acceptors (Lipinski definition) is 4. The molecule has 82 valence electrons. The lowest BCUT2D eigenvalue weighted by molar-refractivity contribution is -0.384. The highest BCUT2D eigenvalue weighted by molar-refractivity contribution is 5.44. The van der Waals surface area contributed by atoms with E-state index in [4.69, 9.17) is 10.5 Å². The largest absolute Gasteiger partial charge is 0.496 e. The molecular formula is C10H14N2O3. The molecule has 0 fully saturated rings. The molecule has 1 aromatic carbocycles. The lowest BCUT2D eigenvalue weighted by atomic mass is 10.1. The summed E-state index contributed by atoms with van der Waals surface area (Å²) >= 11 is 0. The van der Waals surface area contributed by atoms with E-state index in [0.717, 1.165) is 18.4 Å². The second kappa shape index (κ2) is 5.31. The van der Waals surface area contributed by atoms with E-state index in [2.05, 4.69) is 0 Å². The van der Waals surface area contributed by atoms with Gasteiger partial charge in [-0.1, -0.05) is 0 Å². The van der Waals surface area contributed by atoms with Crippen molar-refractivity contribution in [1.82, 2.24) is 0 Å². The Hall–Kier alpha value is -1.62. The van der Waals surface area contributed by atoms with Gasteiger partial charge in [0.15, 0.2) is 0 Å². The summed E-state index contributed by atoms with van der Waals surface area (Å²) in [6, 6.07) is 4.63. The van der Waals surface area contributed by atoms with Crippen LogP contribution >= 0.6 is 0 Å². The third-order valence-corrected chi connectivity index (χ3v) is 2.13. The van der Waals surface area contributed by atoms with E-state index in [1.807, 2.05) is 0 Å². The average molecular weight is 210 g/mol. The molecule has 0 saturated carbocycles. The van der Waals surface area contributed by atoms with Crippen LogP contribution in [0, 0.1) is 10.1 Å². The summed E-state index contributed by atoms with van der Waals surface area (Å²) in [6.45, 7) is 0.597. The topological polar surface area (TPSA) is 78.4 Å². The Labute approximate surface area is 88.0 Å². The summed E-state index contributed by atoms with van der Waals surface area (Å²) < 4.78 is 5.09. The van der Waals surface area contributed by atoms with Crippen molar-refractivity contribution in [3.63, 3.8) is 0 Å². The van der Waals surface area contributed by atoms with Gasteiger partial charge in [-0.05, 0) is 31.0 Å². The van der Waals surface area contributed by atoms with Crippen molar-refractivity contribution in [2.24, 2.45) is 5.73 Å². The Bertz CT molecular complexity index is 353. The summed E-state index contributed by atoms with van der Waals surface area (Å²) in [5.41, 5.74) is 6.39. The number of hydrogen-bond donors (Lipinski definition) is 1. The predicted molar refractivity (Wildman–Crippen MR) is 57.0 cm³/mol. The van der Waals surface area contributed by atoms with Gasteiger partial charge >= 0.3 is 0 Å². The normalized spacial score (nSPS) is 10.0. The van der Waals surface area contributed by atoms with Crippen molar-refractivity contribution in [2.75, 3.05) is 13.7 Å².